The predicted molar refractivity (Wildman–Crippen MR) is 120 cm³/mol. The zero-order valence-electron chi connectivity index (χ0n) is 18.7. The van der Waals surface area contributed by atoms with Gasteiger partial charge in [0.25, 0.3) is 0 Å². The Morgan fingerprint density at radius 1 is 1.31 bits per heavy atom. The molecular weight excluding hydrogens is 432 g/mol. The number of rotatable bonds is 10. The molecule has 0 saturated carbocycles. The number of methoxy groups -OCH3 is 1. The van der Waals surface area contributed by atoms with Gasteiger partial charge in [0.1, 0.15) is 0 Å². The molecule has 3 amide bonds. The summed E-state index contributed by atoms with van der Waals surface area (Å²) >= 11 is 6.45. The molecule has 1 aliphatic heterocycles. The maximum Gasteiger partial charge on any atom is 0.240 e. The van der Waals surface area contributed by atoms with Gasteiger partial charge in [-0.1, -0.05) is 29.8 Å². The minimum atomic E-state index is -1.30. The predicted octanol–water partition coefficient (Wildman–Crippen LogP) is 2.20. The number of ether oxygens (including phenoxy) is 1. The molecule has 2 heterocycles. The van der Waals surface area contributed by atoms with Crippen LogP contribution in [0.25, 0.3) is 0 Å². The normalized spacial score (nSPS) is 18.4. The number of likely N-dealkylation sites (tertiary alicyclic amines) is 1. The van der Waals surface area contributed by atoms with Gasteiger partial charge < -0.3 is 9.64 Å². The number of carbonyl (C=O) groups excluding carboxylic acids is 3. The first-order chi connectivity index (χ1) is 15.3. The van der Waals surface area contributed by atoms with Crippen LogP contribution in [0, 0.1) is 0 Å². The zero-order valence-corrected chi connectivity index (χ0v) is 19.5. The molecule has 172 valence electrons. The number of hydrogen-bond acceptors (Lipinski definition) is 5. The molecule has 0 radical (unpaired) electrons. The highest BCUT2D eigenvalue weighted by Gasteiger charge is 2.54. The second kappa shape index (κ2) is 10.3. The van der Waals surface area contributed by atoms with Crippen molar-refractivity contribution in [2.24, 2.45) is 7.05 Å². The van der Waals surface area contributed by atoms with Crippen molar-refractivity contribution in [1.82, 2.24) is 19.6 Å². The number of aromatic nitrogens is 2. The minimum absolute atomic E-state index is 0.0786. The third-order valence-corrected chi connectivity index (χ3v) is 6.23. The van der Waals surface area contributed by atoms with Gasteiger partial charge in [-0.15, -0.1) is 0 Å². The van der Waals surface area contributed by atoms with Crippen LogP contribution in [-0.2, 0) is 38.0 Å². The van der Waals surface area contributed by atoms with Crippen LogP contribution in [-0.4, -0.2) is 71.2 Å². The van der Waals surface area contributed by atoms with Crippen LogP contribution >= 0.6 is 11.6 Å². The van der Waals surface area contributed by atoms with Crippen molar-refractivity contribution in [3.63, 3.8) is 0 Å². The van der Waals surface area contributed by atoms with Crippen LogP contribution in [0.15, 0.2) is 36.7 Å². The Hall–Kier alpha value is -2.71. The minimum Gasteiger partial charge on any atom is -0.385 e. The zero-order chi connectivity index (χ0) is 23.3. The van der Waals surface area contributed by atoms with Crippen molar-refractivity contribution in [3.05, 3.63) is 52.8 Å². The lowest BCUT2D eigenvalue weighted by molar-refractivity contribution is -0.142. The first-order valence-electron chi connectivity index (χ1n) is 10.6. The largest absolute Gasteiger partial charge is 0.385 e. The maximum absolute atomic E-state index is 13.5. The summed E-state index contributed by atoms with van der Waals surface area (Å²) in [6.45, 7) is 1.16. The van der Waals surface area contributed by atoms with Gasteiger partial charge in [0.2, 0.25) is 17.7 Å². The maximum atomic E-state index is 13.5. The van der Waals surface area contributed by atoms with E-state index in [1.165, 1.54) is 4.90 Å². The molecule has 0 N–H and O–H groups in total. The van der Waals surface area contributed by atoms with Gasteiger partial charge in [-0.05, 0) is 30.0 Å². The van der Waals surface area contributed by atoms with Gasteiger partial charge in [-0.3, -0.25) is 24.0 Å². The molecule has 1 aromatic carbocycles. The molecule has 0 bridgehead atoms. The van der Waals surface area contributed by atoms with Crippen molar-refractivity contribution in [2.45, 2.75) is 31.1 Å². The van der Waals surface area contributed by atoms with E-state index in [1.807, 2.05) is 13.2 Å². The number of aryl methyl sites for hydroxylation is 1. The molecule has 8 nitrogen and oxygen atoms in total. The van der Waals surface area contributed by atoms with Gasteiger partial charge >= 0.3 is 0 Å². The summed E-state index contributed by atoms with van der Waals surface area (Å²) in [7, 11) is 5.12. The third-order valence-electron chi connectivity index (χ3n) is 5.90. The lowest BCUT2D eigenvalue weighted by Gasteiger charge is -2.30. The highest BCUT2D eigenvalue weighted by molar-refractivity contribution is 6.32. The average Bonchev–Trinajstić information content (AvgIpc) is 3.28. The molecule has 1 atom stereocenters. The number of imide groups is 1. The molecule has 2 aromatic rings. The van der Waals surface area contributed by atoms with E-state index < -0.39 is 5.41 Å². The van der Waals surface area contributed by atoms with Crippen LogP contribution in [0.3, 0.4) is 0 Å². The standard InChI is InChI=1S/C23H29ClN4O4/c1-26(11-9-17-15-25-27(2)16-17)20(29)13-23(18-7-4-5-8-19(18)24)14-21(30)28(22(23)31)10-6-12-32-3/h4-5,7-8,15-16H,6,9-14H2,1-3H3/t23-/m0/s1. The van der Waals surface area contributed by atoms with Gasteiger partial charge in [0.05, 0.1) is 11.6 Å². The first kappa shape index (κ1) is 23.9. The van der Waals surface area contributed by atoms with Crippen molar-refractivity contribution in [1.29, 1.82) is 0 Å². The van der Waals surface area contributed by atoms with Crippen molar-refractivity contribution >= 4 is 29.3 Å². The number of hydrogen-bond donors (Lipinski definition) is 0. The Morgan fingerprint density at radius 3 is 2.72 bits per heavy atom. The van der Waals surface area contributed by atoms with E-state index >= 15 is 0 Å². The van der Waals surface area contributed by atoms with Gasteiger partial charge in [-0.2, -0.15) is 5.10 Å². The fourth-order valence-corrected chi connectivity index (χ4v) is 4.42. The number of amides is 3. The Kier molecular flexibility index (Phi) is 7.69. The van der Waals surface area contributed by atoms with Crippen LogP contribution < -0.4 is 0 Å². The van der Waals surface area contributed by atoms with Crippen LogP contribution in [0.4, 0.5) is 0 Å². The van der Waals surface area contributed by atoms with Crippen molar-refractivity contribution in [2.75, 3.05) is 33.9 Å². The summed E-state index contributed by atoms with van der Waals surface area (Å²) < 4.78 is 6.76. The summed E-state index contributed by atoms with van der Waals surface area (Å²) in [6, 6.07) is 6.94. The number of nitrogens with zero attached hydrogens (tertiary/aromatic N) is 4. The summed E-state index contributed by atoms with van der Waals surface area (Å²) in [4.78, 5) is 42.4. The van der Waals surface area contributed by atoms with Crippen molar-refractivity contribution in [3.8, 4) is 0 Å². The molecule has 0 unspecified atom stereocenters. The molecule has 9 heteroatoms. The molecule has 1 aromatic heterocycles. The Morgan fingerprint density at radius 2 is 2.06 bits per heavy atom. The van der Waals surface area contributed by atoms with E-state index in [9.17, 15) is 14.4 Å². The number of benzene rings is 1. The number of likely N-dealkylation sites (N-methyl/N-ethyl adjacent to an activating group) is 1. The van der Waals surface area contributed by atoms with Crippen molar-refractivity contribution < 1.29 is 19.1 Å². The lowest BCUT2D eigenvalue weighted by atomic mass is 9.75. The molecule has 3 rings (SSSR count). The summed E-state index contributed by atoms with van der Waals surface area (Å²) in [5.41, 5.74) is 0.231. The molecule has 0 spiro atoms. The quantitative estimate of drug-likeness (QED) is 0.401. The third kappa shape index (κ3) is 5.02. The van der Waals surface area contributed by atoms with Gasteiger partial charge in [0.15, 0.2) is 0 Å². The Labute approximate surface area is 193 Å². The number of carbonyl (C=O) groups is 3. The second-order valence-electron chi connectivity index (χ2n) is 8.20. The highest BCUT2D eigenvalue weighted by Crippen LogP contribution is 2.43. The summed E-state index contributed by atoms with van der Waals surface area (Å²) in [5, 5.41) is 4.52. The molecule has 1 fully saturated rings. The van der Waals surface area contributed by atoms with Crippen LogP contribution in [0.5, 0.6) is 0 Å². The molecule has 32 heavy (non-hydrogen) atoms. The van der Waals surface area contributed by atoms with Gasteiger partial charge in [0, 0.05) is 65.0 Å². The fraction of sp³-hybridized carbons (Fsp3) is 0.478. The SMILES string of the molecule is COCCCN1C(=O)C[C@@](CC(=O)N(C)CCc2cnn(C)c2)(c2ccccc2Cl)C1=O. The number of halogens is 1. The smallest absolute Gasteiger partial charge is 0.240 e. The second-order valence-corrected chi connectivity index (χ2v) is 8.61. The van der Waals surface area contributed by atoms with E-state index in [1.54, 1.807) is 54.2 Å². The summed E-state index contributed by atoms with van der Waals surface area (Å²) in [5.74, 6) is -0.883. The lowest BCUT2D eigenvalue weighted by Crippen LogP contribution is -2.43. The van der Waals surface area contributed by atoms with E-state index in [0.717, 1.165) is 5.56 Å². The van der Waals surface area contributed by atoms with E-state index in [4.69, 9.17) is 16.3 Å². The topological polar surface area (TPSA) is 84.7 Å². The van der Waals surface area contributed by atoms with Gasteiger partial charge in [-0.25, -0.2) is 0 Å². The average molecular weight is 461 g/mol. The molecule has 1 aliphatic rings. The summed E-state index contributed by atoms with van der Waals surface area (Å²) in [6.07, 6.45) is 4.65. The monoisotopic (exact) mass is 460 g/mol. The Bertz CT molecular complexity index is 992. The fourth-order valence-electron chi connectivity index (χ4n) is 4.10. The molecule has 0 aliphatic carbocycles. The first-order valence-corrected chi connectivity index (χ1v) is 11.0. The van der Waals surface area contributed by atoms with Crippen LogP contribution in [0.2, 0.25) is 5.02 Å². The Balaban J connectivity index is 1.82. The molecule has 1 saturated heterocycles. The van der Waals surface area contributed by atoms with E-state index in [0.29, 0.717) is 36.6 Å². The highest BCUT2D eigenvalue weighted by atomic mass is 35.5. The van der Waals surface area contributed by atoms with E-state index in [2.05, 4.69) is 5.10 Å². The molecular formula is C23H29ClN4O4. The van der Waals surface area contributed by atoms with E-state index in [-0.39, 0.29) is 37.1 Å². The van der Waals surface area contributed by atoms with Crippen LogP contribution in [0.1, 0.15) is 30.4 Å².